The van der Waals surface area contributed by atoms with Crippen molar-refractivity contribution in [2.24, 2.45) is 0 Å². The third-order valence-corrected chi connectivity index (χ3v) is 5.24. The zero-order chi connectivity index (χ0) is 16.2. The lowest BCUT2D eigenvalue weighted by Crippen LogP contribution is -2.25. The van der Waals surface area contributed by atoms with E-state index < -0.39 is 0 Å². The van der Waals surface area contributed by atoms with Gasteiger partial charge < -0.3 is 14.4 Å². The highest BCUT2D eigenvalue weighted by Gasteiger charge is 2.26. The Morgan fingerprint density at radius 1 is 1.22 bits per heavy atom. The van der Waals surface area contributed by atoms with Crippen molar-refractivity contribution in [3.63, 3.8) is 0 Å². The summed E-state index contributed by atoms with van der Waals surface area (Å²) < 4.78 is 7.37. The molecule has 0 spiro atoms. The highest BCUT2D eigenvalue weighted by molar-refractivity contribution is 8.00. The van der Waals surface area contributed by atoms with Crippen molar-refractivity contribution in [1.82, 2.24) is 5.32 Å². The molecule has 0 saturated heterocycles. The average molecular weight is 349 g/mol. The van der Waals surface area contributed by atoms with Crippen molar-refractivity contribution in [2.45, 2.75) is 17.4 Å². The van der Waals surface area contributed by atoms with E-state index in [-0.39, 0.29) is 6.04 Å². The van der Waals surface area contributed by atoms with Crippen LogP contribution in [0, 0.1) is 0 Å². The first-order valence-electron chi connectivity index (χ1n) is 7.73. The first kappa shape index (κ1) is 16.7. The van der Waals surface area contributed by atoms with E-state index in [2.05, 4.69) is 47.0 Å². The van der Waals surface area contributed by atoms with Gasteiger partial charge in [-0.3, -0.25) is 0 Å². The molecule has 1 unspecified atom stereocenters. The Bertz CT molecular complexity index is 680. The standard InChI is InChI=1S/C18H21ClN2OS/c1-21-16-7-4-3-6-14(16)18(20-10-5-11-22-2)15-9-8-13(19)12-17(15)23-21/h3-4,6-9,12,18,20H,5,10-11H2,1-2H3. The van der Waals surface area contributed by atoms with Gasteiger partial charge in [0.1, 0.15) is 0 Å². The molecule has 0 aromatic heterocycles. The van der Waals surface area contributed by atoms with Gasteiger partial charge in [0.15, 0.2) is 0 Å². The van der Waals surface area contributed by atoms with E-state index in [1.807, 2.05) is 12.1 Å². The Morgan fingerprint density at radius 2 is 2.04 bits per heavy atom. The van der Waals surface area contributed by atoms with Crippen molar-refractivity contribution >= 4 is 29.2 Å². The van der Waals surface area contributed by atoms with Crippen LogP contribution in [0.3, 0.4) is 0 Å². The summed E-state index contributed by atoms with van der Waals surface area (Å²) in [6, 6.07) is 14.9. The predicted octanol–water partition coefficient (Wildman–Crippen LogP) is 4.51. The summed E-state index contributed by atoms with van der Waals surface area (Å²) in [6.07, 6.45) is 0.987. The molecule has 1 atom stereocenters. The molecule has 2 aromatic rings. The minimum atomic E-state index is 0.160. The first-order chi connectivity index (χ1) is 11.2. The Labute approximate surface area is 147 Å². The van der Waals surface area contributed by atoms with Crippen LogP contribution in [0.15, 0.2) is 47.4 Å². The average Bonchev–Trinajstić information content (AvgIpc) is 2.66. The topological polar surface area (TPSA) is 24.5 Å². The van der Waals surface area contributed by atoms with Crippen LogP contribution in [-0.2, 0) is 4.74 Å². The van der Waals surface area contributed by atoms with Gasteiger partial charge >= 0.3 is 0 Å². The maximum atomic E-state index is 6.21. The molecule has 0 amide bonds. The lowest BCUT2D eigenvalue weighted by Gasteiger charge is -2.22. The number of ether oxygens (including phenoxy) is 1. The molecule has 0 saturated carbocycles. The molecule has 0 bridgehead atoms. The fourth-order valence-corrected chi connectivity index (χ4v) is 4.16. The second kappa shape index (κ2) is 7.58. The first-order valence-corrected chi connectivity index (χ1v) is 8.88. The van der Waals surface area contributed by atoms with E-state index in [1.165, 1.54) is 21.7 Å². The van der Waals surface area contributed by atoms with Crippen LogP contribution in [0.5, 0.6) is 0 Å². The van der Waals surface area contributed by atoms with Gasteiger partial charge in [0.25, 0.3) is 0 Å². The number of fused-ring (bicyclic) bond motifs is 2. The largest absolute Gasteiger partial charge is 0.385 e. The molecule has 1 aliphatic rings. The SMILES string of the molecule is COCCCNC1c2ccc(Cl)cc2SN(C)c2ccccc21. The summed E-state index contributed by atoms with van der Waals surface area (Å²) >= 11 is 7.93. The fourth-order valence-electron chi connectivity index (χ4n) is 2.89. The highest BCUT2D eigenvalue weighted by atomic mass is 35.5. The summed E-state index contributed by atoms with van der Waals surface area (Å²) in [7, 11) is 3.84. The molecule has 5 heteroatoms. The Morgan fingerprint density at radius 3 is 2.87 bits per heavy atom. The van der Waals surface area contributed by atoms with Crippen LogP contribution < -0.4 is 9.62 Å². The summed E-state index contributed by atoms with van der Waals surface area (Å²) in [5.74, 6) is 0. The van der Waals surface area contributed by atoms with E-state index in [0.717, 1.165) is 24.6 Å². The molecule has 122 valence electrons. The van der Waals surface area contributed by atoms with E-state index in [4.69, 9.17) is 16.3 Å². The third-order valence-electron chi connectivity index (χ3n) is 3.98. The zero-order valence-electron chi connectivity index (χ0n) is 13.4. The zero-order valence-corrected chi connectivity index (χ0v) is 15.0. The lowest BCUT2D eigenvalue weighted by atomic mass is 9.97. The lowest BCUT2D eigenvalue weighted by molar-refractivity contribution is 0.193. The quantitative estimate of drug-likeness (QED) is 0.634. The molecule has 3 nitrogen and oxygen atoms in total. The van der Waals surface area contributed by atoms with Gasteiger partial charge in [-0.2, -0.15) is 0 Å². The van der Waals surface area contributed by atoms with Crippen molar-refractivity contribution in [3.8, 4) is 0 Å². The van der Waals surface area contributed by atoms with E-state index in [0.29, 0.717) is 0 Å². The van der Waals surface area contributed by atoms with Crippen LogP contribution in [-0.4, -0.2) is 27.3 Å². The summed E-state index contributed by atoms with van der Waals surface area (Å²) in [5.41, 5.74) is 3.80. The van der Waals surface area contributed by atoms with E-state index >= 15 is 0 Å². The van der Waals surface area contributed by atoms with Crippen LogP contribution >= 0.6 is 23.5 Å². The molecule has 1 N–H and O–H groups in total. The Hall–Kier alpha value is -1.20. The number of nitrogens with zero attached hydrogens (tertiary/aromatic N) is 1. The van der Waals surface area contributed by atoms with Gasteiger partial charge in [0.05, 0.1) is 11.7 Å². The maximum absolute atomic E-state index is 6.21. The third kappa shape index (κ3) is 3.66. The molecule has 1 aliphatic heterocycles. The van der Waals surface area contributed by atoms with Gasteiger partial charge in [0, 0.05) is 30.7 Å². The normalized spacial score (nSPS) is 16.7. The molecule has 1 heterocycles. The number of benzene rings is 2. The number of halogens is 1. The molecule has 0 radical (unpaired) electrons. The predicted molar refractivity (Wildman–Crippen MR) is 98.5 cm³/mol. The van der Waals surface area contributed by atoms with Crippen LogP contribution in [0.4, 0.5) is 5.69 Å². The molecule has 0 aliphatic carbocycles. The molecular formula is C18H21ClN2OS. The molecule has 23 heavy (non-hydrogen) atoms. The van der Waals surface area contributed by atoms with E-state index in [9.17, 15) is 0 Å². The second-order valence-corrected chi connectivity index (χ2v) is 7.17. The van der Waals surface area contributed by atoms with Gasteiger partial charge in [0.2, 0.25) is 0 Å². The minimum absolute atomic E-state index is 0.160. The second-order valence-electron chi connectivity index (χ2n) is 5.56. The van der Waals surface area contributed by atoms with Crippen LogP contribution in [0.25, 0.3) is 0 Å². The number of nitrogens with one attached hydrogen (secondary N) is 1. The summed E-state index contributed by atoms with van der Waals surface area (Å²) in [6.45, 7) is 1.67. The monoisotopic (exact) mass is 348 g/mol. The maximum Gasteiger partial charge on any atom is 0.0609 e. The number of hydrogen-bond donors (Lipinski definition) is 1. The number of hydrogen-bond acceptors (Lipinski definition) is 4. The van der Waals surface area contributed by atoms with E-state index in [1.54, 1.807) is 19.1 Å². The molecular weight excluding hydrogens is 328 g/mol. The van der Waals surface area contributed by atoms with Crippen molar-refractivity contribution in [1.29, 1.82) is 0 Å². The van der Waals surface area contributed by atoms with Gasteiger partial charge in [-0.1, -0.05) is 35.9 Å². The summed E-state index contributed by atoms with van der Waals surface area (Å²) in [4.78, 5) is 1.19. The van der Waals surface area contributed by atoms with Crippen LogP contribution in [0.1, 0.15) is 23.6 Å². The van der Waals surface area contributed by atoms with Crippen molar-refractivity contribution < 1.29 is 4.74 Å². The van der Waals surface area contributed by atoms with Crippen molar-refractivity contribution in [3.05, 3.63) is 58.6 Å². The van der Waals surface area contributed by atoms with Gasteiger partial charge in [-0.25, -0.2) is 0 Å². The van der Waals surface area contributed by atoms with Crippen molar-refractivity contribution in [2.75, 3.05) is 31.6 Å². The minimum Gasteiger partial charge on any atom is -0.385 e. The molecule has 2 aromatic carbocycles. The van der Waals surface area contributed by atoms with Gasteiger partial charge in [-0.05, 0) is 54.2 Å². The number of methoxy groups -OCH3 is 1. The number of anilines is 1. The Kier molecular flexibility index (Phi) is 5.49. The molecule has 3 rings (SSSR count). The number of para-hydroxylation sites is 1. The highest BCUT2D eigenvalue weighted by Crippen LogP contribution is 2.43. The smallest absolute Gasteiger partial charge is 0.0609 e. The fraction of sp³-hybridized carbons (Fsp3) is 0.333. The van der Waals surface area contributed by atoms with Gasteiger partial charge in [-0.15, -0.1) is 0 Å². The summed E-state index contributed by atoms with van der Waals surface area (Å²) in [5, 5.41) is 4.46. The number of rotatable bonds is 5. The van der Waals surface area contributed by atoms with Crippen LogP contribution in [0.2, 0.25) is 5.02 Å². The molecule has 0 fully saturated rings. The Balaban J connectivity index is 1.99.